The zero-order valence-corrected chi connectivity index (χ0v) is 21.4. The first-order chi connectivity index (χ1) is 18.3. The molecule has 2 unspecified atom stereocenters. The molecule has 4 aromatic rings. The molecular weight excluding hydrogens is 446 g/mol. The predicted octanol–water partition coefficient (Wildman–Crippen LogP) is 8.61. The molecule has 1 nitrogen and oxygen atoms in total. The molecule has 1 heteroatoms. The molecular formula is C36H35N. The zero-order valence-electron chi connectivity index (χ0n) is 21.4. The predicted molar refractivity (Wildman–Crippen MR) is 158 cm³/mol. The van der Waals surface area contributed by atoms with Crippen LogP contribution >= 0.6 is 0 Å². The zero-order chi connectivity index (χ0) is 25.0. The number of hydrogen-bond donors (Lipinski definition) is 1. The summed E-state index contributed by atoms with van der Waals surface area (Å²) in [6.45, 7) is 0.779. The van der Waals surface area contributed by atoms with Crippen LogP contribution in [0.15, 0.2) is 109 Å². The maximum Gasteiger partial charge on any atom is 0.0139 e. The smallest absolute Gasteiger partial charge is 0.0139 e. The summed E-state index contributed by atoms with van der Waals surface area (Å²) >= 11 is 0. The van der Waals surface area contributed by atoms with Crippen molar-refractivity contribution in [1.82, 2.24) is 0 Å². The Morgan fingerprint density at radius 1 is 0.649 bits per heavy atom. The van der Waals surface area contributed by atoms with Gasteiger partial charge in [-0.05, 0) is 76.2 Å². The highest BCUT2D eigenvalue weighted by Gasteiger charge is 2.38. The van der Waals surface area contributed by atoms with Gasteiger partial charge in [-0.15, -0.1) is 0 Å². The number of allylic oxidation sites excluding steroid dienone is 2. The van der Waals surface area contributed by atoms with E-state index in [0.29, 0.717) is 17.8 Å². The molecule has 2 N–H and O–H groups in total. The molecule has 0 bridgehead atoms. The molecule has 3 aliphatic rings. The van der Waals surface area contributed by atoms with Crippen molar-refractivity contribution in [3.05, 3.63) is 143 Å². The van der Waals surface area contributed by atoms with Gasteiger partial charge in [-0.3, -0.25) is 0 Å². The average Bonchev–Trinajstić information content (AvgIpc) is 3.68. The molecule has 2 atom stereocenters. The highest BCUT2D eigenvalue weighted by molar-refractivity contribution is 5.79. The summed E-state index contributed by atoms with van der Waals surface area (Å²) in [5.74, 6) is 1.47. The van der Waals surface area contributed by atoms with Gasteiger partial charge in [-0.1, -0.05) is 128 Å². The lowest BCUT2D eigenvalue weighted by atomic mass is 9.72. The topological polar surface area (TPSA) is 26.0 Å². The Labute approximate surface area is 221 Å². The Balaban J connectivity index is 0.000000235. The summed E-state index contributed by atoms with van der Waals surface area (Å²) in [6.07, 6.45) is 13.8. The van der Waals surface area contributed by atoms with E-state index < -0.39 is 0 Å². The van der Waals surface area contributed by atoms with E-state index in [4.69, 9.17) is 5.73 Å². The van der Waals surface area contributed by atoms with Gasteiger partial charge in [0.15, 0.2) is 0 Å². The molecule has 184 valence electrons. The van der Waals surface area contributed by atoms with E-state index in [-0.39, 0.29) is 0 Å². The van der Waals surface area contributed by atoms with Gasteiger partial charge < -0.3 is 5.73 Å². The number of benzene rings is 4. The Kier molecular flexibility index (Phi) is 6.88. The molecule has 0 spiro atoms. The van der Waals surface area contributed by atoms with E-state index in [2.05, 4.69) is 121 Å². The van der Waals surface area contributed by atoms with Crippen LogP contribution in [0.25, 0.3) is 23.3 Å². The van der Waals surface area contributed by atoms with Gasteiger partial charge in [0.1, 0.15) is 0 Å². The third-order valence-corrected chi connectivity index (χ3v) is 8.29. The molecule has 0 saturated heterocycles. The standard InChI is InChI=1S/C27H27N.C9H8/c28-18-8-7-15-26(23-17-16-19-9-1-2-10-20(19)23)27-24-13-5-3-11-21(24)22-12-4-6-14-25(22)27;1-2-5-9-7-3-6-8(9)4-1/h1-6,9-14,16-17,23,26-27H,7-8,15,18,28H2;1-6H,7H2. The van der Waals surface area contributed by atoms with Crippen LogP contribution in [0.5, 0.6) is 0 Å². The van der Waals surface area contributed by atoms with Crippen molar-refractivity contribution in [3.63, 3.8) is 0 Å². The van der Waals surface area contributed by atoms with Crippen LogP contribution in [0, 0.1) is 5.92 Å². The first-order valence-electron chi connectivity index (χ1n) is 13.7. The lowest BCUT2D eigenvalue weighted by molar-refractivity contribution is 0.387. The fourth-order valence-electron chi connectivity index (χ4n) is 6.58. The minimum Gasteiger partial charge on any atom is -0.330 e. The van der Waals surface area contributed by atoms with Crippen molar-refractivity contribution >= 4 is 12.2 Å². The minimum absolute atomic E-state index is 0.450. The minimum atomic E-state index is 0.450. The van der Waals surface area contributed by atoms with Crippen LogP contribution in [0.3, 0.4) is 0 Å². The average molecular weight is 482 g/mol. The van der Waals surface area contributed by atoms with E-state index in [1.165, 1.54) is 57.3 Å². The highest BCUT2D eigenvalue weighted by Crippen LogP contribution is 2.54. The summed E-state index contributed by atoms with van der Waals surface area (Å²) in [7, 11) is 0. The maximum atomic E-state index is 5.84. The second kappa shape index (κ2) is 10.7. The lowest BCUT2D eigenvalue weighted by Gasteiger charge is -2.31. The number of unbranched alkanes of at least 4 members (excludes halogenated alkanes) is 1. The van der Waals surface area contributed by atoms with Crippen LogP contribution in [0.4, 0.5) is 0 Å². The normalized spacial score (nSPS) is 16.9. The quantitative estimate of drug-likeness (QED) is 0.274. The SMILES string of the molecule is C1=Cc2ccccc2C1.NCCCCC(C1C=Cc2ccccc21)C1c2ccccc2-c2ccccc21. The Hall–Kier alpha value is -3.68. The second-order valence-electron chi connectivity index (χ2n) is 10.4. The van der Waals surface area contributed by atoms with E-state index in [1.54, 1.807) is 0 Å². The summed E-state index contributed by atoms with van der Waals surface area (Å²) in [6, 6.07) is 35.4. The van der Waals surface area contributed by atoms with Gasteiger partial charge in [-0.25, -0.2) is 0 Å². The molecule has 0 amide bonds. The van der Waals surface area contributed by atoms with E-state index in [9.17, 15) is 0 Å². The van der Waals surface area contributed by atoms with E-state index >= 15 is 0 Å². The van der Waals surface area contributed by atoms with Gasteiger partial charge in [0.05, 0.1) is 0 Å². The van der Waals surface area contributed by atoms with Gasteiger partial charge in [0.25, 0.3) is 0 Å². The van der Waals surface area contributed by atoms with Crippen molar-refractivity contribution in [3.8, 4) is 11.1 Å². The van der Waals surface area contributed by atoms with E-state index in [0.717, 1.165) is 19.4 Å². The summed E-state index contributed by atoms with van der Waals surface area (Å²) in [4.78, 5) is 0. The molecule has 4 aromatic carbocycles. The monoisotopic (exact) mass is 481 g/mol. The Morgan fingerprint density at radius 3 is 1.97 bits per heavy atom. The Bertz CT molecular complexity index is 1400. The molecule has 3 aliphatic carbocycles. The Morgan fingerprint density at radius 2 is 1.27 bits per heavy atom. The van der Waals surface area contributed by atoms with Crippen molar-refractivity contribution in [1.29, 1.82) is 0 Å². The maximum absolute atomic E-state index is 5.84. The van der Waals surface area contributed by atoms with E-state index in [1.807, 2.05) is 0 Å². The van der Waals surface area contributed by atoms with Gasteiger partial charge in [0.2, 0.25) is 0 Å². The summed E-state index contributed by atoms with van der Waals surface area (Å²) in [5, 5.41) is 0. The fraction of sp³-hybridized carbons (Fsp3) is 0.222. The third-order valence-electron chi connectivity index (χ3n) is 8.29. The molecule has 0 aromatic heterocycles. The van der Waals surface area contributed by atoms with Crippen LogP contribution < -0.4 is 5.73 Å². The van der Waals surface area contributed by atoms with Crippen LogP contribution in [0.2, 0.25) is 0 Å². The van der Waals surface area contributed by atoms with Crippen molar-refractivity contribution in [2.75, 3.05) is 6.54 Å². The molecule has 0 saturated carbocycles. The fourth-order valence-corrected chi connectivity index (χ4v) is 6.58. The summed E-state index contributed by atoms with van der Waals surface area (Å²) in [5.41, 5.74) is 17.4. The van der Waals surface area contributed by atoms with Crippen molar-refractivity contribution < 1.29 is 0 Å². The molecule has 0 heterocycles. The first-order valence-corrected chi connectivity index (χ1v) is 13.7. The number of rotatable bonds is 6. The van der Waals surface area contributed by atoms with Crippen molar-refractivity contribution in [2.24, 2.45) is 11.7 Å². The number of hydrogen-bond acceptors (Lipinski definition) is 1. The van der Waals surface area contributed by atoms with Gasteiger partial charge in [0, 0.05) is 11.8 Å². The third kappa shape index (κ3) is 4.61. The van der Waals surface area contributed by atoms with Crippen LogP contribution in [0.1, 0.15) is 64.5 Å². The van der Waals surface area contributed by atoms with Gasteiger partial charge >= 0.3 is 0 Å². The molecule has 0 fully saturated rings. The lowest BCUT2D eigenvalue weighted by Crippen LogP contribution is -2.19. The van der Waals surface area contributed by atoms with Crippen molar-refractivity contribution in [2.45, 2.75) is 37.5 Å². The molecule has 0 radical (unpaired) electrons. The molecule has 0 aliphatic heterocycles. The summed E-state index contributed by atoms with van der Waals surface area (Å²) < 4.78 is 0. The number of nitrogens with two attached hydrogens (primary N) is 1. The first kappa shape index (κ1) is 23.7. The largest absolute Gasteiger partial charge is 0.330 e. The second-order valence-corrected chi connectivity index (χ2v) is 10.4. The van der Waals surface area contributed by atoms with Crippen LogP contribution in [-0.4, -0.2) is 6.54 Å². The van der Waals surface area contributed by atoms with Crippen LogP contribution in [-0.2, 0) is 6.42 Å². The molecule has 7 rings (SSSR count). The highest BCUT2D eigenvalue weighted by atomic mass is 14.5. The van der Waals surface area contributed by atoms with Gasteiger partial charge in [-0.2, -0.15) is 0 Å². The number of fused-ring (bicyclic) bond motifs is 5. The molecule has 37 heavy (non-hydrogen) atoms.